The number of amides is 2. The number of thiol groups is 1. The molecule has 6 heteroatoms. The van der Waals surface area contributed by atoms with E-state index in [0.717, 1.165) is 4.31 Å². The van der Waals surface area contributed by atoms with Gasteiger partial charge in [-0.15, -0.1) is 0 Å². The Kier molecular flexibility index (Phi) is 4.32. The largest absolute Gasteiger partial charge is 0.504 e. The predicted molar refractivity (Wildman–Crippen MR) is 68.2 cm³/mol. The molecule has 0 saturated heterocycles. The first-order chi connectivity index (χ1) is 7.43. The lowest BCUT2D eigenvalue weighted by molar-refractivity contribution is 0.247. The van der Waals surface area contributed by atoms with Crippen LogP contribution in [0.3, 0.4) is 0 Å². The number of hydrogen-bond donors (Lipinski definition) is 3. The summed E-state index contributed by atoms with van der Waals surface area (Å²) < 4.78 is 1.02. The standard InChI is InChI=1S/C10H13ClN2O2S/c1-6(2)12-10(15)13(16)8-5-3-4-7(11)9(8)14/h3-6,14,16H,1-2H3,(H,12,15). The zero-order chi connectivity index (χ0) is 12.3. The number of nitrogens with one attached hydrogen (secondary N) is 1. The topological polar surface area (TPSA) is 52.6 Å². The maximum atomic E-state index is 11.6. The second kappa shape index (κ2) is 5.32. The molecule has 0 radical (unpaired) electrons. The Morgan fingerprint density at radius 1 is 1.56 bits per heavy atom. The SMILES string of the molecule is CC(C)NC(=O)N(S)c1cccc(Cl)c1O. The molecule has 0 fully saturated rings. The molecule has 1 rings (SSSR count). The van der Waals surface area contributed by atoms with Crippen LogP contribution in [0.25, 0.3) is 0 Å². The van der Waals surface area contributed by atoms with Gasteiger partial charge in [-0.25, -0.2) is 9.10 Å². The molecule has 0 aromatic heterocycles. The molecule has 0 aliphatic carbocycles. The van der Waals surface area contributed by atoms with E-state index >= 15 is 0 Å². The molecule has 0 spiro atoms. The van der Waals surface area contributed by atoms with Crippen molar-refractivity contribution < 1.29 is 9.90 Å². The maximum absolute atomic E-state index is 11.6. The number of benzene rings is 1. The molecule has 1 aromatic carbocycles. The van der Waals surface area contributed by atoms with Crippen molar-refractivity contribution in [3.05, 3.63) is 23.2 Å². The van der Waals surface area contributed by atoms with Crippen molar-refractivity contribution in [1.29, 1.82) is 0 Å². The Bertz CT molecular complexity index is 398. The van der Waals surface area contributed by atoms with Gasteiger partial charge in [0.1, 0.15) is 5.69 Å². The average Bonchev–Trinajstić information content (AvgIpc) is 2.20. The summed E-state index contributed by atoms with van der Waals surface area (Å²) in [4.78, 5) is 11.6. The third kappa shape index (κ3) is 2.96. The van der Waals surface area contributed by atoms with Gasteiger partial charge in [-0.05, 0) is 26.0 Å². The molecule has 4 nitrogen and oxygen atoms in total. The smallest absolute Gasteiger partial charge is 0.332 e. The van der Waals surface area contributed by atoms with Crippen LogP contribution in [-0.4, -0.2) is 17.2 Å². The first kappa shape index (κ1) is 13.0. The number of hydrogen-bond acceptors (Lipinski definition) is 3. The second-order valence-corrected chi connectivity index (χ2v) is 4.33. The van der Waals surface area contributed by atoms with Crippen molar-refractivity contribution in [2.45, 2.75) is 19.9 Å². The van der Waals surface area contributed by atoms with Crippen molar-refractivity contribution in [2.24, 2.45) is 0 Å². The highest BCUT2D eigenvalue weighted by Crippen LogP contribution is 2.34. The number of nitrogens with zero attached hydrogens (tertiary/aromatic N) is 1. The zero-order valence-corrected chi connectivity index (χ0v) is 10.6. The molecule has 88 valence electrons. The molecule has 0 unspecified atom stereocenters. The molecule has 0 atom stereocenters. The van der Waals surface area contributed by atoms with Crippen LogP contribution in [0.15, 0.2) is 18.2 Å². The van der Waals surface area contributed by atoms with Gasteiger partial charge in [0.15, 0.2) is 5.75 Å². The van der Waals surface area contributed by atoms with E-state index in [2.05, 4.69) is 18.1 Å². The number of phenols is 1. The highest BCUT2D eigenvalue weighted by atomic mass is 35.5. The Morgan fingerprint density at radius 3 is 2.75 bits per heavy atom. The molecule has 0 bridgehead atoms. The maximum Gasteiger partial charge on any atom is 0.332 e. The highest BCUT2D eigenvalue weighted by Gasteiger charge is 2.17. The Labute approximate surface area is 105 Å². The second-order valence-electron chi connectivity index (χ2n) is 3.52. The van der Waals surface area contributed by atoms with Gasteiger partial charge in [-0.1, -0.05) is 30.5 Å². The van der Waals surface area contributed by atoms with E-state index in [1.807, 2.05) is 13.8 Å². The van der Waals surface area contributed by atoms with E-state index in [-0.39, 0.29) is 22.5 Å². The van der Waals surface area contributed by atoms with Crippen LogP contribution in [0.5, 0.6) is 5.75 Å². The van der Waals surface area contributed by atoms with Crippen LogP contribution in [-0.2, 0) is 0 Å². The van der Waals surface area contributed by atoms with Crippen LogP contribution in [0.4, 0.5) is 10.5 Å². The minimum Gasteiger partial charge on any atom is -0.504 e. The minimum absolute atomic E-state index is 0.0107. The quantitative estimate of drug-likeness (QED) is 0.716. The fourth-order valence-electron chi connectivity index (χ4n) is 1.09. The Hall–Kier alpha value is -1.07. The van der Waals surface area contributed by atoms with Crippen LogP contribution >= 0.6 is 24.4 Å². The number of anilines is 1. The fraction of sp³-hybridized carbons (Fsp3) is 0.300. The first-order valence-corrected chi connectivity index (χ1v) is 5.48. The normalized spacial score (nSPS) is 10.3. The predicted octanol–water partition coefficient (Wildman–Crippen LogP) is 2.81. The summed E-state index contributed by atoms with van der Waals surface area (Å²) in [6.45, 7) is 3.66. The van der Waals surface area contributed by atoms with Gasteiger partial charge in [0.05, 0.1) is 5.02 Å². The van der Waals surface area contributed by atoms with Crippen LogP contribution < -0.4 is 9.62 Å². The summed E-state index contributed by atoms with van der Waals surface area (Å²) in [6, 6.07) is 4.28. The number of carbonyl (C=O) groups is 1. The van der Waals surface area contributed by atoms with Gasteiger partial charge >= 0.3 is 6.03 Å². The van der Waals surface area contributed by atoms with Gasteiger partial charge in [0.25, 0.3) is 0 Å². The first-order valence-electron chi connectivity index (χ1n) is 4.70. The van der Waals surface area contributed by atoms with Gasteiger partial charge in [0.2, 0.25) is 0 Å². The molecule has 2 amide bonds. The summed E-state index contributed by atoms with van der Waals surface area (Å²) in [6.07, 6.45) is 0. The van der Waals surface area contributed by atoms with Gasteiger partial charge in [-0.2, -0.15) is 0 Å². The number of phenolic OH excluding ortho intramolecular Hbond substituents is 1. The van der Waals surface area contributed by atoms with E-state index in [9.17, 15) is 9.90 Å². The average molecular weight is 261 g/mol. The number of carbonyl (C=O) groups excluding carboxylic acids is 1. The molecular weight excluding hydrogens is 248 g/mol. The number of urea groups is 1. The number of aromatic hydroxyl groups is 1. The lowest BCUT2D eigenvalue weighted by Crippen LogP contribution is -2.38. The third-order valence-electron chi connectivity index (χ3n) is 1.80. The Balaban J connectivity index is 2.92. The fourth-order valence-corrected chi connectivity index (χ4v) is 1.48. The Morgan fingerprint density at radius 2 is 2.19 bits per heavy atom. The van der Waals surface area contributed by atoms with Gasteiger partial charge < -0.3 is 10.4 Å². The minimum atomic E-state index is -0.420. The molecule has 1 aromatic rings. The molecular formula is C10H13ClN2O2S. The molecule has 0 saturated carbocycles. The summed E-state index contributed by atoms with van der Waals surface area (Å²) in [7, 11) is 0. The summed E-state index contributed by atoms with van der Waals surface area (Å²) in [5.41, 5.74) is 0.244. The van der Waals surface area contributed by atoms with Crippen molar-refractivity contribution in [3.63, 3.8) is 0 Å². The third-order valence-corrected chi connectivity index (χ3v) is 2.50. The van der Waals surface area contributed by atoms with Crippen molar-refractivity contribution >= 4 is 36.1 Å². The van der Waals surface area contributed by atoms with Crippen molar-refractivity contribution in [3.8, 4) is 5.75 Å². The molecule has 2 N–H and O–H groups in total. The molecule has 0 aliphatic heterocycles. The number of para-hydroxylation sites is 1. The number of rotatable bonds is 2. The summed E-state index contributed by atoms with van der Waals surface area (Å²) in [5, 5.41) is 12.5. The molecule has 16 heavy (non-hydrogen) atoms. The lowest BCUT2D eigenvalue weighted by Gasteiger charge is -2.19. The van der Waals surface area contributed by atoms with Gasteiger partial charge in [0, 0.05) is 6.04 Å². The van der Waals surface area contributed by atoms with Crippen LogP contribution in [0, 0.1) is 0 Å². The number of halogens is 1. The van der Waals surface area contributed by atoms with Crippen molar-refractivity contribution in [2.75, 3.05) is 4.31 Å². The van der Waals surface area contributed by atoms with E-state index in [4.69, 9.17) is 11.6 Å². The van der Waals surface area contributed by atoms with Crippen molar-refractivity contribution in [1.82, 2.24) is 5.32 Å². The van der Waals surface area contributed by atoms with E-state index < -0.39 is 6.03 Å². The van der Waals surface area contributed by atoms with Gasteiger partial charge in [-0.3, -0.25) is 0 Å². The summed E-state index contributed by atoms with van der Waals surface area (Å²) in [5.74, 6) is -0.168. The highest BCUT2D eigenvalue weighted by molar-refractivity contribution is 7.82. The van der Waals surface area contributed by atoms with E-state index in [1.165, 1.54) is 6.07 Å². The van der Waals surface area contributed by atoms with E-state index in [0.29, 0.717) is 0 Å². The summed E-state index contributed by atoms with van der Waals surface area (Å²) >= 11 is 9.73. The van der Waals surface area contributed by atoms with Crippen LogP contribution in [0.1, 0.15) is 13.8 Å². The van der Waals surface area contributed by atoms with E-state index in [1.54, 1.807) is 12.1 Å². The monoisotopic (exact) mass is 260 g/mol. The lowest BCUT2D eigenvalue weighted by atomic mass is 10.3. The molecule has 0 aliphatic rings. The molecule has 0 heterocycles. The van der Waals surface area contributed by atoms with Crippen LogP contribution in [0.2, 0.25) is 5.02 Å². The zero-order valence-electron chi connectivity index (χ0n) is 8.94.